The number of carbonyl (C=O) groups is 2. The number of ether oxygens (including phenoxy) is 1. The third-order valence-corrected chi connectivity index (χ3v) is 5.31. The summed E-state index contributed by atoms with van der Waals surface area (Å²) in [5, 5.41) is 2.73. The van der Waals surface area contributed by atoms with Crippen LogP contribution in [0.15, 0.2) is 84.9 Å². The van der Waals surface area contributed by atoms with Crippen LogP contribution >= 0.6 is 0 Å². The van der Waals surface area contributed by atoms with Crippen LogP contribution in [-0.2, 0) is 4.79 Å². The topological polar surface area (TPSA) is 58.6 Å². The number of para-hydroxylation sites is 1. The zero-order chi connectivity index (χ0) is 20.8. The third-order valence-electron chi connectivity index (χ3n) is 5.31. The molecule has 30 heavy (non-hydrogen) atoms. The zero-order valence-electron chi connectivity index (χ0n) is 16.7. The second kappa shape index (κ2) is 9.27. The van der Waals surface area contributed by atoms with Crippen molar-refractivity contribution in [1.29, 1.82) is 0 Å². The first kappa shape index (κ1) is 19.7. The molecule has 1 saturated heterocycles. The Labute approximate surface area is 176 Å². The van der Waals surface area contributed by atoms with Crippen molar-refractivity contribution in [1.82, 2.24) is 10.2 Å². The molecule has 0 saturated carbocycles. The minimum atomic E-state index is -0.270. The molecule has 152 valence electrons. The number of carbonyl (C=O) groups excluding carboxylic acids is 2. The molecule has 1 unspecified atom stereocenters. The first-order chi connectivity index (χ1) is 14.7. The van der Waals surface area contributed by atoms with Gasteiger partial charge in [-0.25, -0.2) is 0 Å². The van der Waals surface area contributed by atoms with Gasteiger partial charge in [0.1, 0.15) is 11.5 Å². The van der Waals surface area contributed by atoms with Crippen LogP contribution in [0.4, 0.5) is 0 Å². The van der Waals surface area contributed by atoms with E-state index in [2.05, 4.69) is 17.4 Å². The second-order valence-corrected chi connectivity index (χ2v) is 7.36. The van der Waals surface area contributed by atoms with E-state index in [0.717, 1.165) is 18.7 Å². The summed E-state index contributed by atoms with van der Waals surface area (Å²) in [4.78, 5) is 26.7. The fourth-order valence-electron chi connectivity index (χ4n) is 3.65. The Balaban J connectivity index is 1.26. The number of rotatable bonds is 6. The molecule has 1 atom stereocenters. The highest BCUT2D eigenvalue weighted by molar-refractivity contribution is 5.96. The molecule has 1 fully saturated rings. The minimum Gasteiger partial charge on any atom is -0.457 e. The van der Waals surface area contributed by atoms with Gasteiger partial charge < -0.3 is 15.0 Å². The van der Waals surface area contributed by atoms with Gasteiger partial charge >= 0.3 is 0 Å². The molecule has 3 aromatic rings. The maximum atomic E-state index is 12.5. The molecule has 0 aliphatic carbocycles. The molecular weight excluding hydrogens is 376 g/mol. The molecule has 0 radical (unpaired) electrons. The fourth-order valence-corrected chi connectivity index (χ4v) is 3.65. The predicted molar refractivity (Wildman–Crippen MR) is 116 cm³/mol. The van der Waals surface area contributed by atoms with Crippen molar-refractivity contribution in [3.05, 3.63) is 96.1 Å². The standard InChI is InChI=1S/C25H24N2O3/c28-24(27-16-15-21(18-27)19-7-3-1-4-8-19)17-26-25(29)20-11-13-23(14-12-20)30-22-9-5-2-6-10-22/h1-14,21H,15-18H2,(H,26,29). The van der Waals surface area contributed by atoms with Gasteiger partial charge in [0, 0.05) is 24.6 Å². The Kier molecular flexibility index (Phi) is 6.09. The third kappa shape index (κ3) is 4.87. The maximum Gasteiger partial charge on any atom is 0.251 e. The molecule has 1 aliphatic heterocycles. The van der Waals surface area contributed by atoms with Crippen LogP contribution in [-0.4, -0.2) is 36.3 Å². The summed E-state index contributed by atoms with van der Waals surface area (Å²) in [6.07, 6.45) is 0.951. The van der Waals surface area contributed by atoms with Gasteiger partial charge in [-0.15, -0.1) is 0 Å². The second-order valence-electron chi connectivity index (χ2n) is 7.36. The van der Waals surface area contributed by atoms with Gasteiger partial charge in [-0.2, -0.15) is 0 Å². The number of amides is 2. The van der Waals surface area contributed by atoms with Crippen molar-refractivity contribution in [3.63, 3.8) is 0 Å². The number of benzene rings is 3. The smallest absolute Gasteiger partial charge is 0.251 e. The van der Waals surface area contributed by atoms with Gasteiger partial charge in [0.25, 0.3) is 5.91 Å². The summed E-state index contributed by atoms with van der Waals surface area (Å²) in [5.41, 5.74) is 1.75. The van der Waals surface area contributed by atoms with E-state index >= 15 is 0 Å². The molecule has 3 aromatic carbocycles. The highest BCUT2D eigenvalue weighted by Gasteiger charge is 2.27. The normalized spacial score (nSPS) is 15.6. The molecule has 1 heterocycles. The number of likely N-dealkylation sites (tertiary alicyclic amines) is 1. The van der Waals surface area contributed by atoms with Crippen LogP contribution in [0.25, 0.3) is 0 Å². The quantitative estimate of drug-likeness (QED) is 0.674. The molecule has 5 heteroatoms. The molecule has 0 bridgehead atoms. The lowest BCUT2D eigenvalue weighted by molar-refractivity contribution is -0.129. The van der Waals surface area contributed by atoms with Crippen molar-refractivity contribution < 1.29 is 14.3 Å². The summed E-state index contributed by atoms with van der Waals surface area (Å²) in [6.45, 7) is 1.42. The number of hydrogen-bond acceptors (Lipinski definition) is 3. The molecule has 0 spiro atoms. The van der Waals surface area contributed by atoms with E-state index in [1.165, 1.54) is 5.56 Å². The highest BCUT2D eigenvalue weighted by atomic mass is 16.5. The molecule has 0 aromatic heterocycles. The molecule has 1 aliphatic rings. The van der Waals surface area contributed by atoms with Crippen LogP contribution in [0.2, 0.25) is 0 Å². The predicted octanol–water partition coefficient (Wildman–Crippen LogP) is 4.22. The lowest BCUT2D eigenvalue weighted by Gasteiger charge is -2.17. The summed E-state index contributed by atoms with van der Waals surface area (Å²) in [5.74, 6) is 1.43. The van der Waals surface area contributed by atoms with E-state index in [1.807, 2.05) is 53.4 Å². The fraction of sp³-hybridized carbons (Fsp3) is 0.200. The molecule has 5 nitrogen and oxygen atoms in total. The Morgan fingerprint density at radius 1 is 0.867 bits per heavy atom. The Hall–Kier alpha value is -3.60. The van der Waals surface area contributed by atoms with Crippen LogP contribution in [0.3, 0.4) is 0 Å². The van der Waals surface area contributed by atoms with E-state index in [9.17, 15) is 9.59 Å². The Bertz CT molecular complexity index is 988. The van der Waals surface area contributed by atoms with Gasteiger partial charge in [-0.3, -0.25) is 9.59 Å². The van der Waals surface area contributed by atoms with Crippen LogP contribution in [0, 0.1) is 0 Å². The van der Waals surface area contributed by atoms with Gasteiger partial charge in [0.15, 0.2) is 0 Å². The van der Waals surface area contributed by atoms with Gasteiger partial charge in [0.2, 0.25) is 5.91 Å². The summed E-state index contributed by atoms with van der Waals surface area (Å²) < 4.78 is 5.73. The lowest BCUT2D eigenvalue weighted by atomic mass is 9.99. The molecule has 2 amide bonds. The van der Waals surface area contributed by atoms with Crippen molar-refractivity contribution in [2.75, 3.05) is 19.6 Å². The van der Waals surface area contributed by atoms with E-state index < -0.39 is 0 Å². The van der Waals surface area contributed by atoms with E-state index in [1.54, 1.807) is 24.3 Å². The van der Waals surface area contributed by atoms with Crippen LogP contribution in [0.5, 0.6) is 11.5 Å². The first-order valence-electron chi connectivity index (χ1n) is 10.1. The average molecular weight is 400 g/mol. The summed E-state index contributed by atoms with van der Waals surface area (Å²) in [7, 11) is 0. The zero-order valence-corrected chi connectivity index (χ0v) is 16.7. The molecule has 1 N–H and O–H groups in total. The Morgan fingerprint density at radius 2 is 1.50 bits per heavy atom. The van der Waals surface area contributed by atoms with Crippen molar-refractivity contribution in [3.8, 4) is 11.5 Å². The minimum absolute atomic E-state index is 0.00259. The SMILES string of the molecule is O=C(NCC(=O)N1CCC(c2ccccc2)C1)c1ccc(Oc2ccccc2)cc1. The molecular formula is C25H24N2O3. The highest BCUT2D eigenvalue weighted by Crippen LogP contribution is 2.26. The number of nitrogens with one attached hydrogen (secondary N) is 1. The number of hydrogen-bond donors (Lipinski definition) is 1. The number of nitrogens with zero attached hydrogens (tertiary/aromatic N) is 1. The van der Waals surface area contributed by atoms with Crippen molar-refractivity contribution in [2.24, 2.45) is 0 Å². The van der Waals surface area contributed by atoms with Crippen molar-refractivity contribution >= 4 is 11.8 Å². The first-order valence-corrected chi connectivity index (χ1v) is 10.1. The van der Waals surface area contributed by atoms with E-state index in [-0.39, 0.29) is 18.4 Å². The van der Waals surface area contributed by atoms with E-state index in [0.29, 0.717) is 23.8 Å². The maximum absolute atomic E-state index is 12.5. The molecule has 4 rings (SSSR count). The summed E-state index contributed by atoms with van der Waals surface area (Å²) in [6, 6.07) is 26.6. The average Bonchev–Trinajstić information content (AvgIpc) is 3.30. The van der Waals surface area contributed by atoms with Crippen molar-refractivity contribution in [2.45, 2.75) is 12.3 Å². The largest absolute Gasteiger partial charge is 0.457 e. The lowest BCUT2D eigenvalue weighted by Crippen LogP contribution is -2.39. The summed E-state index contributed by atoms with van der Waals surface area (Å²) >= 11 is 0. The van der Waals surface area contributed by atoms with Gasteiger partial charge in [0.05, 0.1) is 6.54 Å². The monoisotopic (exact) mass is 400 g/mol. The van der Waals surface area contributed by atoms with E-state index in [4.69, 9.17) is 4.74 Å². The van der Waals surface area contributed by atoms with Gasteiger partial charge in [-0.05, 0) is 48.4 Å². The Morgan fingerprint density at radius 3 is 2.20 bits per heavy atom. The van der Waals surface area contributed by atoms with Gasteiger partial charge in [-0.1, -0.05) is 48.5 Å². The van der Waals surface area contributed by atoms with Crippen LogP contribution in [0.1, 0.15) is 28.3 Å². The van der Waals surface area contributed by atoms with Crippen LogP contribution < -0.4 is 10.1 Å².